The van der Waals surface area contributed by atoms with Gasteiger partial charge in [-0.05, 0) is 38.4 Å². The van der Waals surface area contributed by atoms with E-state index in [-0.39, 0.29) is 0 Å². The topological polar surface area (TPSA) is 51.0 Å². The average molecular weight is 273 g/mol. The van der Waals surface area contributed by atoms with Crippen molar-refractivity contribution in [2.45, 2.75) is 46.6 Å². The molecular weight excluding hydrogens is 250 g/mol. The zero-order chi connectivity index (χ0) is 14.5. The first-order valence-corrected chi connectivity index (χ1v) is 7.19. The first-order chi connectivity index (χ1) is 9.56. The maximum atomic E-state index is 5.76. The summed E-state index contributed by atoms with van der Waals surface area (Å²) in [5, 5.41) is 11.7. The number of hydrogen-bond donors (Lipinski definition) is 1. The lowest BCUT2D eigenvalue weighted by molar-refractivity contribution is 0.484. The van der Waals surface area contributed by atoms with Crippen molar-refractivity contribution in [3.05, 3.63) is 35.2 Å². The lowest BCUT2D eigenvalue weighted by Gasteiger charge is -2.05. The van der Waals surface area contributed by atoms with Crippen LogP contribution >= 0.6 is 0 Å². The van der Waals surface area contributed by atoms with E-state index in [0.717, 1.165) is 30.5 Å². The fourth-order valence-corrected chi connectivity index (χ4v) is 2.06. The maximum Gasteiger partial charge on any atom is 0.248 e. The molecule has 0 unspecified atom stereocenters. The van der Waals surface area contributed by atoms with E-state index in [1.54, 1.807) is 0 Å². The number of aryl methyl sites for hydroxylation is 3. The van der Waals surface area contributed by atoms with Crippen molar-refractivity contribution in [3.63, 3.8) is 0 Å². The Labute approximate surface area is 120 Å². The summed E-state index contributed by atoms with van der Waals surface area (Å²) < 4.78 is 5.76. The molecular formula is C16H23N3O. The molecule has 0 amide bonds. The van der Waals surface area contributed by atoms with Crippen LogP contribution in [0.1, 0.15) is 37.3 Å². The van der Waals surface area contributed by atoms with Crippen LogP contribution in [0.2, 0.25) is 0 Å². The molecule has 4 heteroatoms. The zero-order valence-corrected chi connectivity index (χ0v) is 12.7. The smallest absolute Gasteiger partial charge is 0.248 e. The molecule has 1 heterocycles. The van der Waals surface area contributed by atoms with Gasteiger partial charge in [-0.25, -0.2) is 0 Å². The van der Waals surface area contributed by atoms with Crippen molar-refractivity contribution in [1.82, 2.24) is 15.5 Å². The van der Waals surface area contributed by atoms with Crippen LogP contribution in [0, 0.1) is 13.8 Å². The quantitative estimate of drug-likeness (QED) is 0.821. The van der Waals surface area contributed by atoms with Crippen LogP contribution in [-0.4, -0.2) is 22.8 Å². The molecule has 0 aliphatic carbocycles. The third kappa shape index (κ3) is 3.90. The zero-order valence-electron chi connectivity index (χ0n) is 12.7. The van der Waals surface area contributed by atoms with Crippen LogP contribution in [0.25, 0.3) is 11.5 Å². The van der Waals surface area contributed by atoms with Crippen LogP contribution in [-0.2, 0) is 6.42 Å². The van der Waals surface area contributed by atoms with Crippen molar-refractivity contribution < 1.29 is 4.42 Å². The molecule has 1 N–H and O–H groups in total. The normalized spacial score (nSPS) is 11.2. The summed E-state index contributed by atoms with van der Waals surface area (Å²) in [4.78, 5) is 0. The van der Waals surface area contributed by atoms with E-state index in [0.29, 0.717) is 17.8 Å². The van der Waals surface area contributed by atoms with Gasteiger partial charge in [0.25, 0.3) is 0 Å². The van der Waals surface area contributed by atoms with Gasteiger partial charge in [0.1, 0.15) is 0 Å². The highest BCUT2D eigenvalue weighted by Crippen LogP contribution is 2.23. The highest BCUT2D eigenvalue weighted by atomic mass is 16.4. The van der Waals surface area contributed by atoms with Crippen molar-refractivity contribution in [3.8, 4) is 11.5 Å². The van der Waals surface area contributed by atoms with E-state index in [1.807, 2.05) is 0 Å². The molecule has 0 spiro atoms. The molecule has 0 aliphatic rings. The van der Waals surface area contributed by atoms with E-state index in [1.165, 1.54) is 5.56 Å². The predicted molar refractivity (Wildman–Crippen MR) is 80.7 cm³/mol. The highest BCUT2D eigenvalue weighted by Gasteiger charge is 2.11. The highest BCUT2D eigenvalue weighted by molar-refractivity contribution is 5.59. The Morgan fingerprint density at radius 1 is 1.20 bits per heavy atom. The Morgan fingerprint density at radius 2 is 2.00 bits per heavy atom. The third-order valence-electron chi connectivity index (χ3n) is 3.21. The average Bonchev–Trinajstić information content (AvgIpc) is 2.86. The number of rotatable bonds is 6. The fourth-order valence-electron chi connectivity index (χ4n) is 2.06. The first-order valence-electron chi connectivity index (χ1n) is 7.19. The van der Waals surface area contributed by atoms with Gasteiger partial charge < -0.3 is 9.73 Å². The molecule has 0 bridgehead atoms. The maximum absolute atomic E-state index is 5.76. The molecule has 20 heavy (non-hydrogen) atoms. The molecule has 108 valence electrons. The molecule has 0 saturated heterocycles. The van der Waals surface area contributed by atoms with E-state index >= 15 is 0 Å². The van der Waals surface area contributed by atoms with Crippen molar-refractivity contribution in [2.75, 3.05) is 6.54 Å². The Morgan fingerprint density at radius 3 is 2.75 bits per heavy atom. The number of benzene rings is 1. The van der Waals surface area contributed by atoms with Gasteiger partial charge in [-0.15, -0.1) is 10.2 Å². The number of nitrogens with zero attached hydrogens (tertiary/aromatic N) is 2. The van der Waals surface area contributed by atoms with Gasteiger partial charge in [-0.2, -0.15) is 0 Å². The van der Waals surface area contributed by atoms with Crippen LogP contribution in [0.5, 0.6) is 0 Å². The van der Waals surface area contributed by atoms with Gasteiger partial charge in [0, 0.05) is 18.0 Å². The molecule has 1 aromatic heterocycles. The van der Waals surface area contributed by atoms with Gasteiger partial charge in [0.2, 0.25) is 11.8 Å². The number of nitrogens with one attached hydrogen (secondary N) is 1. The number of hydrogen-bond acceptors (Lipinski definition) is 4. The van der Waals surface area contributed by atoms with Gasteiger partial charge in [-0.3, -0.25) is 0 Å². The Bertz CT molecular complexity index is 561. The minimum atomic E-state index is 0.517. The Balaban J connectivity index is 2.00. The Hall–Kier alpha value is -1.68. The van der Waals surface area contributed by atoms with E-state index in [9.17, 15) is 0 Å². The molecule has 0 radical (unpaired) electrons. The van der Waals surface area contributed by atoms with Crippen LogP contribution < -0.4 is 5.32 Å². The molecule has 1 aromatic carbocycles. The minimum Gasteiger partial charge on any atom is -0.421 e. The summed E-state index contributed by atoms with van der Waals surface area (Å²) in [7, 11) is 0. The lowest BCUT2D eigenvalue weighted by Crippen LogP contribution is -2.23. The summed E-state index contributed by atoms with van der Waals surface area (Å²) in [6.45, 7) is 9.39. The summed E-state index contributed by atoms with van der Waals surface area (Å²) in [6, 6.07) is 6.78. The largest absolute Gasteiger partial charge is 0.421 e. The molecule has 0 saturated carbocycles. The van der Waals surface area contributed by atoms with Gasteiger partial charge >= 0.3 is 0 Å². The fraction of sp³-hybridized carbons (Fsp3) is 0.500. The van der Waals surface area contributed by atoms with Gasteiger partial charge in [0.05, 0.1) is 0 Å². The van der Waals surface area contributed by atoms with Crippen LogP contribution in [0.3, 0.4) is 0 Å². The molecule has 4 nitrogen and oxygen atoms in total. The molecule has 0 fully saturated rings. The second kappa shape index (κ2) is 6.66. The lowest BCUT2D eigenvalue weighted by atomic mass is 10.1. The Kier molecular flexibility index (Phi) is 4.90. The van der Waals surface area contributed by atoms with Crippen LogP contribution in [0.15, 0.2) is 22.6 Å². The number of aromatic nitrogens is 2. The van der Waals surface area contributed by atoms with Crippen molar-refractivity contribution in [1.29, 1.82) is 0 Å². The van der Waals surface area contributed by atoms with E-state index in [2.05, 4.69) is 61.4 Å². The summed E-state index contributed by atoms with van der Waals surface area (Å²) in [5.41, 5.74) is 3.39. The molecule has 0 atom stereocenters. The summed E-state index contributed by atoms with van der Waals surface area (Å²) >= 11 is 0. The minimum absolute atomic E-state index is 0.517. The van der Waals surface area contributed by atoms with E-state index < -0.39 is 0 Å². The molecule has 2 aromatic rings. The predicted octanol–water partition coefficient (Wildman–Crippen LogP) is 3.28. The van der Waals surface area contributed by atoms with Crippen LogP contribution in [0.4, 0.5) is 0 Å². The standard InChI is InChI=1S/C16H23N3O/c1-11(2)17-9-5-6-15-18-19-16(20-15)14-10-12(3)7-8-13(14)4/h7-8,10-11,17H,5-6,9H2,1-4H3. The third-order valence-corrected chi connectivity index (χ3v) is 3.21. The first kappa shape index (κ1) is 14.7. The molecule has 2 rings (SSSR count). The van der Waals surface area contributed by atoms with E-state index in [4.69, 9.17) is 4.42 Å². The van der Waals surface area contributed by atoms with Gasteiger partial charge in [-0.1, -0.05) is 31.5 Å². The summed E-state index contributed by atoms with van der Waals surface area (Å²) in [5.74, 6) is 1.34. The second-order valence-corrected chi connectivity index (χ2v) is 5.53. The SMILES string of the molecule is Cc1ccc(C)c(-c2nnc(CCCNC(C)C)o2)c1. The van der Waals surface area contributed by atoms with Crippen molar-refractivity contribution >= 4 is 0 Å². The van der Waals surface area contributed by atoms with Gasteiger partial charge in [0.15, 0.2) is 0 Å². The van der Waals surface area contributed by atoms with Crippen molar-refractivity contribution in [2.24, 2.45) is 0 Å². The monoisotopic (exact) mass is 273 g/mol. The molecule has 0 aliphatic heterocycles. The second-order valence-electron chi connectivity index (χ2n) is 5.53. The summed E-state index contributed by atoms with van der Waals surface area (Å²) in [6.07, 6.45) is 1.82.